The van der Waals surface area contributed by atoms with E-state index in [2.05, 4.69) is 0 Å². The first-order chi connectivity index (χ1) is 16.1. The maximum atomic E-state index is 13.3. The molecule has 2 amide bonds. The lowest BCUT2D eigenvalue weighted by Gasteiger charge is -2.27. The molecule has 0 fully saturated rings. The molecule has 0 saturated carbocycles. The van der Waals surface area contributed by atoms with Gasteiger partial charge < -0.3 is 4.74 Å². The van der Waals surface area contributed by atoms with E-state index >= 15 is 0 Å². The van der Waals surface area contributed by atoms with Crippen LogP contribution < -0.4 is 9.64 Å². The molecule has 0 spiro atoms. The van der Waals surface area contributed by atoms with E-state index in [1.54, 1.807) is 67.8 Å². The second kappa shape index (κ2) is 8.20. The fourth-order valence-corrected chi connectivity index (χ4v) is 4.18. The van der Waals surface area contributed by atoms with E-state index in [1.807, 2.05) is 30.3 Å². The second-order valence-corrected chi connectivity index (χ2v) is 7.61. The standard InChI is InChI=1S/C28H19NO4/c1-33-25-13-6-5-8-18(25)14-17-24(30)20-15-16-23-26-21(20)11-7-12-22(26)27(31)29(28(23)32)19-9-3-2-4-10-19/h2-17H,1H3/b17-14-. The van der Waals surface area contributed by atoms with Gasteiger partial charge in [0.05, 0.1) is 12.8 Å². The van der Waals surface area contributed by atoms with Crippen molar-refractivity contribution in [3.63, 3.8) is 0 Å². The lowest BCUT2D eigenvalue weighted by molar-refractivity contribution is 0.0892. The van der Waals surface area contributed by atoms with Crippen LogP contribution in [0.25, 0.3) is 16.8 Å². The van der Waals surface area contributed by atoms with Gasteiger partial charge in [0.2, 0.25) is 0 Å². The molecular weight excluding hydrogens is 414 g/mol. The van der Waals surface area contributed by atoms with Crippen LogP contribution in [0, 0.1) is 0 Å². The highest BCUT2D eigenvalue weighted by atomic mass is 16.5. The monoisotopic (exact) mass is 433 g/mol. The highest BCUT2D eigenvalue weighted by Crippen LogP contribution is 2.34. The third-order valence-electron chi connectivity index (χ3n) is 5.74. The Balaban J connectivity index is 1.59. The number of amides is 2. The highest BCUT2D eigenvalue weighted by molar-refractivity contribution is 6.37. The van der Waals surface area contributed by atoms with Crippen LogP contribution in [0.2, 0.25) is 0 Å². The van der Waals surface area contributed by atoms with Crippen LogP contribution in [0.4, 0.5) is 5.69 Å². The van der Waals surface area contributed by atoms with Crippen LogP contribution in [0.1, 0.15) is 36.6 Å². The molecular formula is C28H19NO4. The van der Waals surface area contributed by atoms with Gasteiger partial charge in [-0.15, -0.1) is 0 Å². The largest absolute Gasteiger partial charge is 0.496 e. The minimum Gasteiger partial charge on any atom is -0.496 e. The van der Waals surface area contributed by atoms with Crippen molar-refractivity contribution in [2.75, 3.05) is 12.0 Å². The van der Waals surface area contributed by atoms with E-state index in [0.717, 1.165) is 5.56 Å². The van der Waals surface area contributed by atoms with Crippen LogP contribution in [0.5, 0.6) is 5.75 Å². The Bertz CT molecular complexity index is 1430. The fraction of sp³-hybridized carbons (Fsp3) is 0.0357. The maximum Gasteiger partial charge on any atom is 0.265 e. The Morgan fingerprint density at radius 1 is 0.788 bits per heavy atom. The van der Waals surface area contributed by atoms with Crippen molar-refractivity contribution in [3.05, 3.63) is 113 Å². The first kappa shape index (κ1) is 20.4. The van der Waals surface area contributed by atoms with E-state index in [1.165, 1.54) is 11.0 Å². The number of hydrogen-bond donors (Lipinski definition) is 0. The van der Waals surface area contributed by atoms with E-state index in [9.17, 15) is 14.4 Å². The number of ketones is 1. The Labute approximate surface area is 190 Å². The number of carbonyl (C=O) groups excluding carboxylic acids is 3. The summed E-state index contributed by atoms with van der Waals surface area (Å²) in [6, 6.07) is 24.7. The average molecular weight is 433 g/mol. The van der Waals surface area contributed by atoms with Crippen molar-refractivity contribution in [1.29, 1.82) is 0 Å². The first-order valence-electron chi connectivity index (χ1n) is 10.4. The number of benzene rings is 4. The molecule has 0 atom stereocenters. The summed E-state index contributed by atoms with van der Waals surface area (Å²) < 4.78 is 5.34. The van der Waals surface area contributed by atoms with Gasteiger partial charge in [0, 0.05) is 27.6 Å². The summed E-state index contributed by atoms with van der Waals surface area (Å²) in [5.41, 5.74) is 2.51. The minimum absolute atomic E-state index is 0.227. The number of nitrogens with zero attached hydrogens (tertiary/aromatic N) is 1. The molecule has 4 aromatic rings. The number of anilines is 1. The molecule has 0 aliphatic carbocycles. The zero-order valence-corrected chi connectivity index (χ0v) is 17.8. The zero-order chi connectivity index (χ0) is 22.9. The lowest BCUT2D eigenvalue weighted by Crippen LogP contribution is -2.40. The van der Waals surface area contributed by atoms with E-state index < -0.39 is 11.8 Å². The predicted molar refractivity (Wildman–Crippen MR) is 128 cm³/mol. The van der Waals surface area contributed by atoms with Gasteiger partial charge in [0.15, 0.2) is 5.78 Å². The van der Waals surface area contributed by atoms with Crippen molar-refractivity contribution in [2.45, 2.75) is 0 Å². The molecule has 0 saturated heterocycles. The van der Waals surface area contributed by atoms with Gasteiger partial charge >= 0.3 is 0 Å². The molecule has 33 heavy (non-hydrogen) atoms. The Morgan fingerprint density at radius 2 is 1.48 bits per heavy atom. The van der Waals surface area contributed by atoms with Gasteiger partial charge in [-0.1, -0.05) is 48.5 Å². The first-order valence-corrected chi connectivity index (χ1v) is 10.4. The van der Waals surface area contributed by atoms with Crippen molar-refractivity contribution in [1.82, 2.24) is 0 Å². The summed E-state index contributed by atoms with van der Waals surface area (Å²) >= 11 is 0. The number of methoxy groups -OCH3 is 1. The van der Waals surface area contributed by atoms with Crippen LogP contribution in [-0.4, -0.2) is 24.7 Å². The van der Waals surface area contributed by atoms with E-state index in [0.29, 0.717) is 38.9 Å². The van der Waals surface area contributed by atoms with E-state index in [-0.39, 0.29) is 5.78 Å². The lowest BCUT2D eigenvalue weighted by atomic mass is 9.89. The summed E-state index contributed by atoms with van der Waals surface area (Å²) in [6.45, 7) is 0. The number of ether oxygens (including phenoxy) is 1. The topological polar surface area (TPSA) is 63.7 Å². The third-order valence-corrected chi connectivity index (χ3v) is 5.74. The quantitative estimate of drug-likeness (QED) is 0.235. The second-order valence-electron chi connectivity index (χ2n) is 7.61. The SMILES string of the molecule is COc1ccccc1/C=C\C(=O)c1ccc2c3c(cccc13)C(=O)N(c1ccccc1)C2=O. The van der Waals surface area contributed by atoms with Gasteiger partial charge in [0.25, 0.3) is 11.8 Å². The minimum atomic E-state index is -0.404. The zero-order valence-electron chi connectivity index (χ0n) is 17.8. The molecule has 0 radical (unpaired) electrons. The average Bonchev–Trinajstić information content (AvgIpc) is 2.86. The summed E-state index contributed by atoms with van der Waals surface area (Å²) in [6.07, 6.45) is 3.18. The van der Waals surface area contributed by atoms with Gasteiger partial charge in [-0.25, -0.2) is 4.90 Å². The summed E-state index contributed by atoms with van der Waals surface area (Å²) in [4.78, 5) is 40.8. The number of carbonyl (C=O) groups is 3. The highest BCUT2D eigenvalue weighted by Gasteiger charge is 2.34. The number of rotatable bonds is 5. The molecule has 5 heteroatoms. The molecule has 1 aliphatic rings. The maximum absolute atomic E-state index is 13.3. The van der Waals surface area contributed by atoms with Gasteiger partial charge in [-0.3, -0.25) is 14.4 Å². The predicted octanol–water partition coefficient (Wildman–Crippen LogP) is 5.55. The normalized spacial score (nSPS) is 13.1. The Kier molecular flexibility index (Phi) is 5.07. The van der Waals surface area contributed by atoms with Gasteiger partial charge in [-0.05, 0) is 53.9 Å². The number of allylic oxidation sites excluding steroid dienone is 1. The Morgan fingerprint density at radius 3 is 2.24 bits per heavy atom. The van der Waals surface area contributed by atoms with E-state index in [4.69, 9.17) is 4.74 Å². The number of para-hydroxylation sites is 2. The third kappa shape index (κ3) is 3.40. The summed E-state index contributed by atoms with van der Waals surface area (Å²) in [5, 5.41) is 1.09. The number of hydrogen-bond acceptors (Lipinski definition) is 4. The molecule has 5 nitrogen and oxygen atoms in total. The van der Waals surface area contributed by atoms with Crippen LogP contribution in [-0.2, 0) is 0 Å². The summed E-state index contributed by atoms with van der Waals surface area (Å²) in [5.74, 6) is -0.373. The Hall–Kier alpha value is -4.51. The van der Waals surface area contributed by atoms with Crippen LogP contribution in [0.3, 0.4) is 0 Å². The smallest absolute Gasteiger partial charge is 0.265 e. The molecule has 0 bridgehead atoms. The van der Waals surface area contributed by atoms with Crippen molar-refractivity contribution < 1.29 is 19.1 Å². The molecule has 160 valence electrons. The fourth-order valence-electron chi connectivity index (χ4n) is 4.18. The van der Waals surface area contributed by atoms with Crippen LogP contribution >= 0.6 is 0 Å². The van der Waals surface area contributed by atoms with Gasteiger partial charge in [0.1, 0.15) is 5.75 Å². The molecule has 0 unspecified atom stereocenters. The van der Waals surface area contributed by atoms with Crippen molar-refractivity contribution in [3.8, 4) is 5.75 Å². The van der Waals surface area contributed by atoms with Gasteiger partial charge in [-0.2, -0.15) is 0 Å². The summed E-state index contributed by atoms with van der Waals surface area (Å²) in [7, 11) is 1.58. The molecule has 1 aliphatic heterocycles. The van der Waals surface area contributed by atoms with Crippen molar-refractivity contribution >= 4 is 40.1 Å². The molecule has 0 N–H and O–H groups in total. The van der Waals surface area contributed by atoms with Crippen LogP contribution in [0.15, 0.2) is 91.0 Å². The molecule has 5 rings (SSSR count). The molecule has 4 aromatic carbocycles. The molecule has 1 heterocycles. The van der Waals surface area contributed by atoms with Crippen molar-refractivity contribution in [2.24, 2.45) is 0 Å². The molecule has 0 aromatic heterocycles. The number of imide groups is 1.